The van der Waals surface area contributed by atoms with E-state index in [1.807, 2.05) is 0 Å². The first kappa shape index (κ1) is 13.3. The Morgan fingerprint density at radius 1 is 1.28 bits per heavy atom. The molecule has 0 saturated heterocycles. The Hall–Kier alpha value is -1.12. The van der Waals surface area contributed by atoms with Gasteiger partial charge in [-0.1, -0.05) is 35.9 Å². The lowest BCUT2D eigenvalue weighted by Gasteiger charge is -2.07. The molecule has 1 aromatic rings. The largest absolute Gasteiger partial charge is 0.380 e. The third-order valence-electron chi connectivity index (χ3n) is 3.39. The van der Waals surface area contributed by atoms with Gasteiger partial charge in [0.2, 0.25) is 0 Å². The molecule has 0 heterocycles. The minimum Gasteiger partial charge on any atom is -0.380 e. The van der Waals surface area contributed by atoms with E-state index in [0.717, 1.165) is 13.1 Å². The second-order valence-corrected chi connectivity index (χ2v) is 4.93. The molecule has 0 unspecified atom stereocenters. The highest BCUT2D eigenvalue weighted by Gasteiger charge is 2.03. The SMILES string of the molecule is COCc1cccc(CNCCC2=CCCC2)c1. The number of hydrogen-bond acceptors (Lipinski definition) is 2. The number of rotatable bonds is 7. The number of benzene rings is 1. The normalized spacial score (nSPS) is 14.8. The monoisotopic (exact) mass is 245 g/mol. The Labute approximate surface area is 110 Å². The second kappa shape index (κ2) is 7.34. The average Bonchev–Trinajstić information content (AvgIpc) is 2.89. The van der Waals surface area contributed by atoms with Crippen LogP contribution in [0.25, 0.3) is 0 Å². The third-order valence-corrected chi connectivity index (χ3v) is 3.39. The maximum atomic E-state index is 5.15. The highest BCUT2D eigenvalue weighted by molar-refractivity contribution is 5.22. The van der Waals surface area contributed by atoms with Gasteiger partial charge in [0.05, 0.1) is 6.61 Å². The van der Waals surface area contributed by atoms with E-state index in [0.29, 0.717) is 6.61 Å². The number of hydrogen-bond donors (Lipinski definition) is 1. The summed E-state index contributed by atoms with van der Waals surface area (Å²) in [5.41, 5.74) is 4.22. The molecule has 0 saturated carbocycles. The van der Waals surface area contributed by atoms with Crippen molar-refractivity contribution < 1.29 is 4.74 Å². The highest BCUT2D eigenvalue weighted by atomic mass is 16.5. The fraction of sp³-hybridized carbons (Fsp3) is 0.500. The molecule has 0 radical (unpaired) electrons. The summed E-state index contributed by atoms with van der Waals surface area (Å²) in [5.74, 6) is 0. The highest BCUT2D eigenvalue weighted by Crippen LogP contribution is 2.19. The van der Waals surface area contributed by atoms with Crippen LogP contribution in [-0.4, -0.2) is 13.7 Å². The van der Waals surface area contributed by atoms with Crippen LogP contribution in [0.1, 0.15) is 36.8 Å². The van der Waals surface area contributed by atoms with Crippen molar-refractivity contribution in [3.8, 4) is 0 Å². The van der Waals surface area contributed by atoms with E-state index in [-0.39, 0.29) is 0 Å². The lowest BCUT2D eigenvalue weighted by molar-refractivity contribution is 0.185. The molecule has 0 amide bonds. The maximum absolute atomic E-state index is 5.15. The standard InChI is InChI=1S/C16H23NO/c1-18-13-16-8-4-7-15(11-16)12-17-10-9-14-5-2-3-6-14/h4-5,7-8,11,17H,2-3,6,9-10,12-13H2,1H3. The molecule has 1 aromatic carbocycles. The van der Waals surface area contributed by atoms with Gasteiger partial charge in [0, 0.05) is 13.7 Å². The van der Waals surface area contributed by atoms with Crippen molar-refractivity contribution in [1.82, 2.24) is 5.32 Å². The summed E-state index contributed by atoms with van der Waals surface area (Å²) in [6, 6.07) is 8.59. The molecule has 98 valence electrons. The van der Waals surface area contributed by atoms with Gasteiger partial charge in [-0.15, -0.1) is 0 Å². The summed E-state index contributed by atoms with van der Waals surface area (Å²) in [6.45, 7) is 2.73. The van der Waals surface area contributed by atoms with E-state index in [2.05, 4.69) is 35.7 Å². The molecule has 0 aliphatic heterocycles. The predicted molar refractivity (Wildman–Crippen MR) is 75.4 cm³/mol. The molecule has 0 aromatic heterocycles. The smallest absolute Gasteiger partial charge is 0.0713 e. The van der Waals surface area contributed by atoms with Gasteiger partial charge < -0.3 is 10.1 Å². The molecule has 0 atom stereocenters. The van der Waals surface area contributed by atoms with Gasteiger partial charge in [-0.2, -0.15) is 0 Å². The quantitative estimate of drug-likeness (QED) is 0.587. The van der Waals surface area contributed by atoms with Crippen LogP contribution < -0.4 is 5.32 Å². The number of methoxy groups -OCH3 is 1. The summed E-state index contributed by atoms with van der Waals surface area (Å²) in [4.78, 5) is 0. The Kier molecular flexibility index (Phi) is 5.43. The molecule has 0 spiro atoms. The first-order chi connectivity index (χ1) is 8.88. The molecular formula is C16H23NO. The van der Waals surface area contributed by atoms with Crippen molar-refractivity contribution in [2.24, 2.45) is 0 Å². The van der Waals surface area contributed by atoms with E-state index in [4.69, 9.17) is 4.74 Å². The Balaban J connectivity index is 1.70. The fourth-order valence-electron chi connectivity index (χ4n) is 2.44. The van der Waals surface area contributed by atoms with Gasteiger partial charge in [0.1, 0.15) is 0 Å². The van der Waals surface area contributed by atoms with E-state index in [9.17, 15) is 0 Å². The average molecular weight is 245 g/mol. The van der Waals surface area contributed by atoms with Gasteiger partial charge in [-0.3, -0.25) is 0 Å². The molecule has 1 N–H and O–H groups in total. The Morgan fingerprint density at radius 2 is 2.17 bits per heavy atom. The van der Waals surface area contributed by atoms with Crippen molar-refractivity contribution >= 4 is 0 Å². The summed E-state index contributed by atoms with van der Waals surface area (Å²) in [5, 5.41) is 3.52. The zero-order valence-corrected chi connectivity index (χ0v) is 11.2. The third kappa shape index (κ3) is 4.28. The van der Waals surface area contributed by atoms with E-state index < -0.39 is 0 Å². The molecule has 18 heavy (non-hydrogen) atoms. The van der Waals surface area contributed by atoms with Crippen molar-refractivity contribution in [1.29, 1.82) is 0 Å². The number of nitrogens with one attached hydrogen (secondary N) is 1. The molecule has 1 aliphatic carbocycles. The molecule has 1 aliphatic rings. The zero-order valence-electron chi connectivity index (χ0n) is 11.2. The Morgan fingerprint density at radius 3 is 2.94 bits per heavy atom. The van der Waals surface area contributed by atoms with Crippen molar-refractivity contribution in [2.45, 2.75) is 38.8 Å². The molecular weight excluding hydrogens is 222 g/mol. The van der Waals surface area contributed by atoms with Gasteiger partial charge >= 0.3 is 0 Å². The summed E-state index contributed by atoms with van der Waals surface area (Å²) < 4.78 is 5.15. The minimum atomic E-state index is 0.695. The molecule has 2 rings (SSSR count). The molecule has 0 bridgehead atoms. The predicted octanol–water partition coefficient (Wildman–Crippen LogP) is 3.42. The van der Waals surface area contributed by atoms with Crippen LogP contribution >= 0.6 is 0 Å². The van der Waals surface area contributed by atoms with Crippen LogP contribution in [0.3, 0.4) is 0 Å². The lowest BCUT2D eigenvalue weighted by Crippen LogP contribution is -2.15. The van der Waals surface area contributed by atoms with Crippen LogP contribution in [0.5, 0.6) is 0 Å². The first-order valence-corrected chi connectivity index (χ1v) is 6.84. The Bertz CT molecular complexity index is 398. The van der Waals surface area contributed by atoms with Crippen LogP contribution in [0, 0.1) is 0 Å². The molecule has 2 heteroatoms. The summed E-state index contributed by atoms with van der Waals surface area (Å²) in [6.07, 6.45) is 7.56. The molecule has 2 nitrogen and oxygen atoms in total. The zero-order chi connectivity index (χ0) is 12.6. The summed E-state index contributed by atoms with van der Waals surface area (Å²) in [7, 11) is 1.74. The van der Waals surface area contributed by atoms with Crippen molar-refractivity contribution in [3.05, 3.63) is 47.0 Å². The first-order valence-electron chi connectivity index (χ1n) is 6.84. The maximum Gasteiger partial charge on any atom is 0.0713 e. The topological polar surface area (TPSA) is 21.3 Å². The minimum absolute atomic E-state index is 0.695. The lowest BCUT2D eigenvalue weighted by atomic mass is 10.1. The van der Waals surface area contributed by atoms with Crippen LogP contribution in [0.15, 0.2) is 35.9 Å². The van der Waals surface area contributed by atoms with E-state index >= 15 is 0 Å². The molecule has 0 fully saturated rings. The second-order valence-electron chi connectivity index (χ2n) is 4.93. The van der Waals surface area contributed by atoms with E-state index in [1.54, 1.807) is 12.7 Å². The van der Waals surface area contributed by atoms with E-state index in [1.165, 1.54) is 36.8 Å². The van der Waals surface area contributed by atoms with Gasteiger partial charge in [-0.05, 0) is 43.4 Å². The van der Waals surface area contributed by atoms with Gasteiger partial charge in [0.25, 0.3) is 0 Å². The van der Waals surface area contributed by atoms with Crippen LogP contribution in [0.4, 0.5) is 0 Å². The van der Waals surface area contributed by atoms with Gasteiger partial charge in [-0.25, -0.2) is 0 Å². The van der Waals surface area contributed by atoms with Crippen molar-refractivity contribution in [3.63, 3.8) is 0 Å². The number of allylic oxidation sites excluding steroid dienone is 1. The van der Waals surface area contributed by atoms with Crippen LogP contribution in [0.2, 0.25) is 0 Å². The fourth-order valence-corrected chi connectivity index (χ4v) is 2.44. The summed E-state index contributed by atoms with van der Waals surface area (Å²) >= 11 is 0. The van der Waals surface area contributed by atoms with Gasteiger partial charge in [0.15, 0.2) is 0 Å². The van der Waals surface area contributed by atoms with Crippen molar-refractivity contribution in [2.75, 3.05) is 13.7 Å². The number of ether oxygens (including phenoxy) is 1. The van der Waals surface area contributed by atoms with Crippen LogP contribution in [-0.2, 0) is 17.9 Å².